The summed E-state index contributed by atoms with van der Waals surface area (Å²) < 4.78 is 19.9. The van der Waals surface area contributed by atoms with Gasteiger partial charge in [-0.15, -0.1) is 0 Å². The van der Waals surface area contributed by atoms with Crippen LogP contribution in [-0.4, -0.2) is 9.36 Å². The highest BCUT2D eigenvalue weighted by Crippen LogP contribution is 2.35. The Labute approximate surface area is 163 Å². The lowest BCUT2D eigenvalue weighted by Gasteiger charge is -2.14. The minimum absolute atomic E-state index is 0.206. The molecule has 5 heteroatoms. The van der Waals surface area contributed by atoms with Crippen molar-refractivity contribution >= 4 is 33.2 Å². The minimum atomic E-state index is -0.206. The van der Waals surface area contributed by atoms with E-state index in [1.165, 1.54) is 37.2 Å². The number of rotatable bonds is 8. The van der Waals surface area contributed by atoms with Gasteiger partial charge in [-0.25, -0.2) is 9.37 Å². The Morgan fingerprint density at radius 3 is 2.73 bits per heavy atom. The molecule has 1 aromatic carbocycles. The van der Waals surface area contributed by atoms with Crippen LogP contribution in [0.4, 0.5) is 4.39 Å². The molecule has 0 fully saturated rings. The molecule has 0 amide bonds. The van der Waals surface area contributed by atoms with Gasteiger partial charge in [0.15, 0.2) is 0 Å². The molecule has 3 aromatic rings. The summed E-state index contributed by atoms with van der Waals surface area (Å²) in [6, 6.07) is 5.57. The molecule has 0 saturated heterocycles. The van der Waals surface area contributed by atoms with Crippen molar-refractivity contribution in [3.63, 3.8) is 0 Å². The number of nitrogens with zero attached hydrogens (tertiary/aromatic N) is 2. The normalized spacial score (nSPS) is 12.6. The van der Waals surface area contributed by atoms with Crippen molar-refractivity contribution in [2.45, 2.75) is 52.4 Å². The Hall–Kier alpha value is -1.52. The van der Waals surface area contributed by atoms with E-state index >= 15 is 0 Å². The quantitative estimate of drug-likeness (QED) is 0.377. The summed E-state index contributed by atoms with van der Waals surface area (Å²) in [6.07, 6.45) is 10.4. The molecule has 0 spiro atoms. The Kier molecular flexibility index (Phi) is 6.60. The summed E-state index contributed by atoms with van der Waals surface area (Å²) in [5.41, 5.74) is 2.37. The average molecular weight is 391 g/mol. The first-order valence-electron chi connectivity index (χ1n) is 9.31. The molecule has 0 aliphatic carbocycles. The molecule has 138 valence electrons. The summed E-state index contributed by atoms with van der Waals surface area (Å²) in [4.78, 5) is 4.18. The minimum Gasteiger partial charge on any atom is -0.243 e. The molecular formula is C21H24ClFN2S. The van der Waals surface area contributed by atoms with Crippen LogP contribution in [0.2, 0.25) is 5.15 Å². The molecule has 2 heterocycles. The Bertz CT molecular complexity index is 878. The number of hydrogen-bond acceptors (Lipinski definition) is 3. The second kappa shape index (κ2) is 8.92. The maximum Gasteiger partial charge on any atom is 0.139 e. The SMILES string of the molecule is CCCCC(CC)CCc1ccc(-c2cnc(Cl)c3cnsc23)c(F)c1. The number of benzene rings is 1. The predicted molar refractivity (Wildman–Crippen MR) is 109 cm³/mol. The van der Waals surface area contributed by atoms with E-state index in [0.29, 0.717) is 10.7 Å². The molecule has 1 atom stereocenters. The average Bonchev–Trinajstić information content (AvgIpc) is 3.14. The maximum atomic E-state index is 14.8. The van der Waals surface area contributed by atoms with Crippen LogP contribution in [0.3, 0.4) is 0 Å². The number of aromatic nitrogens is 2. The zero-order valence-corrected chi connectivity index (χ0v) is 16.8. The van der Waals surface area contributed by atoms with Crippen LogP contribution in [0, 0.1) is 11.7 Å². The fraction of sp³-hybridized carbons (Fsp3) is 0.429. The van der Waals surface area contributed by atoms with Gasteiger partial charge in [-0.2, -0.15) is 4.37 Å². The standard InChI is InChI=1S/C21H24ClFN2S/c1-3-5-6-14(4-2)7-8-15-9-10-16(19(23)11-15)17-12-24-21(22)18-13-25-26-20(17)18/h9-14H,3-8H2,1-2H3. The van der Waals surface area contributed by atoms with Crippen LogP contribution in [0.25, 0.3) is 21.2 Å². The Balaban J connectivity index is 1.79. The predicted octanol–water partition coefficient (Wildman–Crippen LogP) is 7.30. The molecule has 0 aliphatic rings. The monoisotopic (exact) mass is 390 g/mol. The van der Waals surface area contributed by atoms with Crippen LogP contribution in [0.5, 0.6) is 0 Å². The van der Waals surface area contributed by atoms with E-state index in [2.05, 4.69) is 23.2 Å². The van der Waals surface area contributed by atoms with Crippen molar-refractivity contribution in [2.75, 3.05) is 0 Å². The molecule has 2 nitrogen and oxygen atoms in total. The van der Waals surface area contributed by atoms with Gasteiger partial charge < -0.3 is 0 Å². The fourth-order valence-electron chi connectivity index (χ4n) is 3.37. The third-order valence-corrected chi connectivity index (χ3v) is 6.19. The molecule has 0 N–H and O–H groups in total. The first-order chi connectivity index (χ1) is 12.6. The summed E-state index contributed by atoms with van der Waals surface area (Å²) in [5, 5.41) is 1.19. The van der Waals surface area contributed by atoms with Gasteiger partial charge in [0.1, 0.15) is 11.0 Å². The molecule has 0 saturated carbocycles. The fourth-order valence-corrected chi connectivity index (χ4v) is 4.39. The van der Waals surface area contributed by atoms with Gasteiger partial charge in [0.05, 0.1) is 16.3 Å². The lowest BCUT2D eigenvalue weighted by atomic mass is 9.92. The van der Waals surface area contributed by atoms with Gasteiger partial charge in [0, 0.05) is 17.3 Å². The number of hydrogen-bond donors (Lipinski definition) is 0. The van der Waals surface area contributed by atoms with Crippen molar-refractivity contribution < 1.29 is 4.39 Å². The van der Waals surface area contributed by atoms with Crippen molar-refractivity contribution in [2.24, 2.45) is 5.92 Å². The summed E-state index contributed by atoms with van der Waals surface area (Å²) >= 11 is 7.42. The molecule has 1 unspecified atom stereocenters. The van der Waals surface area contributed by atoms with E-state index in [1.807, 2.05) is 12.1 Å². The lowest BCUT2D eigenvalue weighted by Crippen LogP contribution is -2.01. The second-order valence-corrected chi connectivity index (χ2v) is 7.96. The molecule has 26 heavy (non-hydrogen) atoms. The third kappa shape index (κ3) is 4.24. The number of unbranched alkanes of at least 4 members (excludes halogenated alkanes) is 1. The number of aryl methyl sites for hydroxylation is 1. The van der Waals surface area contributed by atoms with Crippen LogP contribution in [0.15, 0.2) is 30.6 Å². The number of halogens is 2. The highest BCUT2D eigenvalue weighted by atomic mass is 35.5. The largest absolute Gasteiger partial charge is 0.243 e. The van der Waals surface area contributed by atoms with Crippen molar-refractivity contribution in [3.05, 3.63) is 47.1 Å². The van der Waals surface area contributed by atoms with E-state index in [0.717, 1.165) is 40.0 Å². The summed E-state index contributed by atoms with van der Waals surface area (Å²) in [6.45, 7) is 4.48. The first kappa shape index (κ1) is 19.2. The maximum absolute atomic E-state index is 14.8. The van der Waals surface area contributed by atoms with E-state index in [9.17, 15) is 4.39 Å². The summed E-state index contributed by atoms with van der Waals surface area (Å²) in [5.74, 6) is 0.526. The van der Waals surface area contributed by atoms with Crippen LogP contribution < -0.4 is 0 Å². The molecule has 2 aromatic heterocycles. The molecule has 0 bridgehead atoms. The number of pyridine rings is 1. The van der Waals surface area contributed by atoms with Crippen molar-refractivity contribution in [3.8, 4) is 11.1 Å². The molecule has 0 radical (unpaired) electrons. The van der Waals surface area contributed by atoms with Gasteiger partial charge in [-0.05, 0) is 41.9 Å². The molecular weight excluding hydrogens is 367 g/mol. The van der Waals surface area contributed by atoms with Crippen LogP contribution >= 0.6 is 23.1 Å². The second-order valence-electron chi connectivity index (χ2n) is 6.80. The van der Waals surface area contributed by atoms with Crippen LogP contribution in [-0.2, 0) is 6.42 Å². The number of fused-ring (bicyclic) bond motifs is 1. The summed E-state index contributed by atoms with van der Waals surface area (Å²) in [7, 11) is 0. The topological polar surface area (TPSA) is 25.8 Å². The van der Waals surface area contributed by atoms with Crippen molar-refractivity contribution in [1.29, 1.82) is 0 Å². The van der Waals surface area contributed by atoms with Crippen LogP contribution in [0.1, 0.15) is 51.5 Å². The van der Waals surface area contributed by atoms with E-state index in [1.54, 1.807) is 18.5 Å². The van der Waals surface area contributed by atoms with Gasteiger partial charge >= 0.3 is 0 Å². The van der Waals surface area contributed by atoms with E-state index in [-0.39, 0.29) is 5.82 Å². The van der Waals surface area contributed by atoms with Gasteiger partial charge in [0.25, 0.3) is 0 Å². The Morgan fingerprint density at radius 1 is 1.15 bits per heavy atom. The molecule has 3 rings (SSSR count). The third-order valence-electron chi connectivity index (χ3n) is 5.05. The highest BCUT2D eigenvalue weighted by molar-refractivity contribution is 7.14. The van der Waals surface area contributed by atoms with Gasteiger partial charge in [-0.1, -0.05) is 63.3 Å². The zero-order chi connectivity index (χ0) is 18.5. The lowest BCUT2D eigenvalue weighted by molar-refractivity contribution is 0.421. The van der Waals surface area contributed by atoms with E-state index in [4.69, 9.17) is 11.6 Å². The first-order valence-corrected chi connectivity index (χ1v) is 10.5. The van der Waals surface area contributed by atoms with E-state index < -0.39 is 0 Å². The van der Waals surface area contributed by atoms with Crippen molar-refractivity contribution in [1.82, 2.24) is 9.36 Å². The van der Waals surface area contributed by atoms with Gasteiger partial charge in [0.2, 0.25) is 0 Å². The smallest absolute Gasteiger partial charge is 0.139 e. The Morgan fingerprint density at radius 2 is 2.00 bits per heavy atom. The van der Waals surface area contributed by atoms with Gasteiger partial charge in [-0.3, -0.25) is 0 Å². The molecule has 0 aliphatic heterocycles. The zero-order valence-electron chi connectivity index (χ0n) is 15.3. The highest BCUT2D eigenvalue weighted by Gasteiger charge is 2.14.